The van der Waals surface area contributed by atoms with Gasteiger partial charge in [-0.25, -0.2) is 0 Å². The minimum atomic E-state index is -0.764. The van der Waals surface area contributed by atoms with E-state index in [1.54, 1.807) is 0 Å². The lowest BCUT2D eigenvalue weighted by Crippen LogP contribution is -2.30. The molecule has 0 N–H and O–H groups in total. The second kappa shape index (κ2) is 44.9. The average molecular weight is 777 g/mol. The normalized spacial score (nSPS) is 12.0. The highest BCUT2D eigenvalue weighted by Gasteiger charge is 2.19. The van der Waals surface area contributed by atoms with Gasteiger partial charge in [0.2, 0.25) is 0 Å². The molecule has 0 saturated heterocycles. The quantitative estimate of drug-likeness (QED) is 0.0265. The van der Waals surface area contributed by atoms with Gasteiger partial charge in [0, 0.05) is 19.3 Å². The van der Waals surface area contributed by atoms with Crippen molar-refractivity contribution in [3.8, 4) is 0 Å². The van der Waals surface area contributed by atoms with Gasteiger partial charge in [-0.15, -0.1) is 0 Å². The fourth-order valence-corrected chi connectivity index (χ4v) is 7.08. The second-order valence-electron chi connectivity index (χ2n) is 16.4. The van der Waals surface area contributed by atoms with Gasteiger partial charge in [0.25, 0.3) is 0 Å². The van der Waals surface area contributed by atoms with Gasteiger partial charge in [-0.05, 0) is 44.9 Å². The largest absolute Gasteiger partial charge is 0.462 e. The molecule has 0 aromatic carbocycles. The van der Waals surface area contributed by atoms with Crippen LogP contribution in [0, 0.1) is 0 Å². The average Bonchev–Trinajstić information content (AvgIpc) is 3.18. The molecule has 1 atom stereocenters. The van der Waals surface area contributed by atoms with Crippen LogP contribution in [0.2, 0.25) is 0 Å². The fourth-order valence-electron chi connectivity index (χ4n) is 7.08. The Balaban J connectivity index is 4.34. The summed E-state index contributed by atoms with van der Waals surface area (Å²) in [4.78, 5) is 37.8. The number of ether oxygens (including phenoxy) is 3. The predicted molar refractivity (Wildman–Crippen MR) is 233 cm³/mol. The van der Waals surface area contributed by atoms with Crippen molar-refractivity contribution in [1.82, 2.24) is 0 Å². The molecule has 0 rings (SSSR count). The maximum Gasteiger partial charge on any atom is 0.306 e. The number of carbonyl (C=O) groups excluding carboxylic acids is 3. The number of hydrogen-bond acceptors (Lipinski definition) is 6. The maximum absolute atomic E-state index is 12.7. The van der Waals surface area contributed by atoms with E-state index in [2.05, 4.69) is 32.9 Å². The Labute approximate surface area is 341 Å². The predicted octanol–water partition coefficient (Wildman–Crippen LogP) is 15.4. The van der Waals surface area contributed by atoms with E-state index in [1.165, 1.54) is 161 Å². The molecule has 6 nitrogen and oxygen atoms in total. The molecule has 0 aromatic heterocycles. The third-order valence-electron chi connectivity index (χ3n) is 10.8. The molecule has 55 heavy (non-hydrogen) atoms. The Morgan fingerprint density at radius 2 is 0.600 bits per heavy atom. The molecule has 324 valence electrons. The molecule has 0 spiro atoms. The van der Waals surface area contributed by atoms with Crippen molar-refractivity contribution >= 4 is 17.9 Å². The van der Waals surface area contributed by atoms with Gasteiger partial charge in [-0.2, -0.15) is 0 Å². The molecular formula is C49H92O6. The van der Waals surface area contributed by atoms with E-state index >= 15 is 0 Å². The summed E-state index contributed by atoms with van der Waals surface area (Å²) in [7, 11) is 0. The lowest BCUT2D eigenvalue weighted by Gasteiger charge is -2.18. The van der Waals surface area contributed by atoms with Crippen LogP contribution >= 0.6 is 0 Å². The monoisotopic (exact) mass is 777 g/mol. The number of carbonyl (C=O) groups is 3. The van der Waals surface area contributed by atoms with Gasteiger partial charge in [0.05, 0.1) is 0 Å². The molecule has 0 aliphatic rings. The van der Waals surface area contributed by atoms with Gasteiger partial charge in [0.1, 0.15) is 13.2 Å². The third kappa shape index (κ3) is 43.1. The van der Waals surface area contributed by atoms with E-state index in [1.807, 2.05) is 0 Å². The van der Waals surface area contributed by atoms with Gasteiger partial charge in [-0.3, -0.25) is 14.4 Å². The van der Waals surface area contributed by atoms with E-state index in [-0.39, 0.29) is 31.1 Å². The summed E-state index contributed by atoms with van der Waals surface area (Å²) < 4.78 is 16.7. The van der Waals surface area contributed by atoms with E-state index in [0.29, 0.717) is 19.3 Å². The summed E-state index contributed by atoms with van der Waals surface area (Å²) >= 11 is 0. The van der Waals surface area contributed by atoms with Crippen molar-refractivity contribution < 1.29 is 28.6 Å². The Kier molecular flexibility index (Phi) is 43.4. The smallest absolute Gasteiger partial charge is 0.306 e. The summed E-state index contributed by atoms with van der Waals surface area (Å²) in [5, 5.41) is 0. The molecule has 0 saturated carbocycles. The van der Waals surface area contributed by atoms with E-state index in [0.717, 1.165) is 64.2 Å². The Morgan fingerprint density at radius 1 is 0.345 bits per heavy atom. The first kappa shape index (κ1) is 53.1. The minimum Gasteiger partial charge on any atom is -0.462 e. The van der Waals surface area contributed by atoms with Gasteiger partial charge in [-0.1, -0.05) is 213 Å². The van der Waals surface area contributed by atoms with Gasteiger partial charge >= 0.3 is 17.9 Å². The van der Waals surface area contributed by atoms with Crippen LogP contribution in [0.3, 0.4) is 0 Å². The number of rotatable bonds is 44. The second-order valence-corrected chi connectivity index (χ2v) is 16.4. The summed E-state index contributed by atoms with van der Waals surface area (Å²) in [6, 6.07) is 0. The Bertz CT molecular complexity index is 854. The Hall–Kier alpha value is -1.85. The highest BCUT2D eigenvalue weighted by atomic mass is 16.6. The lowest BCUT2D eigenvalue weighted by molar-refractivity contribution is -0.167. The maximum atomic E-state index is 12.7. The number of hydrogen-bond donors (Lipinski definition) is 0. The molecule has 0 amide bonds. The molecule has 0 aromatic rings. The summed E-state index contributed by atoms with van der Waals surface area (Å²) in [6.07, 6.45) is 47.6. The van der Waals surface area contributed by atoms with Crippen LogP contribution in [-0.2, 0) is 28.6 Å². The van der Waals surface area contributed by atoms with Crippen molar-refractivity contribution in [3.63, 3.8) is 0 Å². The van der Waals surface area contributed by atoms with Gasteiger partial charge in [0.15, 0.2) is 6.10 Å². The molecular weight excluding hydrogens is 685 g/mol. The molecule has 0 bridgehead atoms. The molecule has 0 radical (unpaired) electrons. The molecule has 0 unspecified atom stereocenters. The van der Waals surface area contributed by atoms with E-state index in [4.69, 9.17) is 14.2 Å². The van der Waals surface area contributed by atoms with Crippen LogP contribution in [0.4, 0.5) is 0 Å². The van der Waals surface area contributed by atoms with E-state index < -0.39 is 6.10 Å². The van der Waals surface area contributed by atoms with Crippen LogP contribution in [0.25, 0.3) is 0 Å². The first-order valence-electron chi connectivity index (χ1n) is 24.2. The highest BCUT2D eigenvalue weighted by Crippen LogP contribution is 2.15. The van der Waals surface area contributed by atoms with Crippen molar-refractivity contribution in [2.24, 2.45) is 0 Å². The third-order valence-corrected chi connectivity index (χ3v) is 10.8. The van der Waals surface area contributed by atoms with Crippen LogP contribution in [0.1, 0.15) is 265 Å². The SMILES string of the molecule is CCCCCC/C=C/CCCCCCCC(=O)OC[C@@H](COC(=O)CCCCCCCCCCCCC)OC(=O)CCCCCCCCCCCCCCC. The zero-order chi connectivity index (χ0) is 40.1. The standard InChI is InChI=1S/C49H92O6/c1-4-7-10-13-16-19-22-24-27-30-33-36-39-42-48(51)54-45-46(44-53-47(50)41-38-35-32-29-26-21-18-15-12-9-6-3)55-49(52)43-40-37-34-31-28-25-23-20-17-14-11-8-5-2/h19,22,46H,4-18,20-21,23-45H2,1-3H3/b22-19+/t46-/m1/s1. The summed E-state index contributed by atoms with van der Waals surface area (Å²) in [6.45, 7) is 6.63. The van der Waals surface area contributed by atoms with Crippen molar-refractivity contribution in [1.29, 1.82) is 0 Å². The van der Waals surface area contributed by atoms with Crippen LogP contribution in [-0.4, -0.2) is 37.2 Å². The topological polar surface area (TPSA) is 78.9 Å². The highest BCUT2D eigenvalue weighted by molar-refractivity contribution is 5.71. The van der Waals surface area contributed by atoms with Crippen molar-refractivity contribution in [2.45, 2.75) is 271 Å². The number of unbranched alkanes of at least 4 members (excludes halogenated alkanes) is 31. The van der Waals surface area contributed by atoms with Crippen molar-refractivity contribution in [2.75, 3.05) is 13.2 Å². The van der Waals surface area contributed by atoms with Crippen LogP contribution in [0.5, 0.6) is 0 Å². The fraction of sp³-hybridized carbons (Fsp3) is 0.898. The molecule has 0 fully saturated rings. The first-order valence-corrected chi connectivity index (χ1v) is 24.2. The molecule has 6 heteroatoms. The lowest BCUT2D eigenvalue weighted by atomic mass is 10.0. The summed E-state index contributed by atoms with van der Waals surface area (Å²) in [5.41, 5.74) is 0. The van der Waals surface area contributed by atoms with E-state index in [9.17, 15) is 14.4 Å². The van der Waals surface area contributed by atoms with Gasteiger partial charge < -0.3 is 14.2 Å². The van der Waals surface area contributed by atoms with Crippen LogP contribution in [0.15, 0.2) is 12.2 Å². The zero-order valence-electron chi connectivity index (χ0n) is 37.0. The number of allylic oxidation sites excluding steroid dienone is 2. The molecule has 0 aliphatic heterocycles. The van der Waals surface area contributed by atoms with Crippen LogP contribution < -0.4 is 0 Å². The minimum absolute atomic E-state index is 0.0678. The summed E-state index contributed by atoms with van der Waals surface area (Å²) in [5.74, 6) is -0.866. The molecule has 0 aliphatic carbocycles. The Morgan fingerprint density at radius 3 is 0.927 bits per heavy atom. The van der Waals surface area contributed by atoms with Crippen molar-refractivity contribution in [3.05, 3.63) is 12.2 Å². The molecule has 0 heterocycles. The number of esters is 3. The zero-order valence-corrected chi connectivity index (χ0v) is 37.0. The first-order chi connectivity index (χ1) is 27.0.